The average molecular weight is 728 g/mol. The molecule has 0 saturated heterocycles. The summed E-state index contributed by atoms with van der Waals surface area (Å²) in [6, 6.07) is 66.1. The molecule has 11 aromatic rings. The minimum absolute atomic E-state index is 0.810. The standard InChI is InChI=1S/C52H33N5/c1-3-13-36(14-4-1)52-44-33-51-43(32-42(44)40-17-7-8-18-45(40)56-52)41-26-25-37(31-50(41)57(51)39-15-5-2-6-16-39)34-21-23-35(24-22-34)38-29-48(46-19-9-11-27-53-46)55-49(30-38)47-20-10-12-28-54-47/h1-33H. The van der Waals surface area contributed by atoms with Gasteiger partial charge in [0.15, 0.2) is 0 Å². The molecule has 0 unspecified atom stereocenters. The lowest BCUT2D eigenvalue weighted by Crippen LogP contribution is -1.95. The summed E-state index contributed by atoms with van der Waals surface area (Å²) in [5.74, 6) is 0. The van der Waals surface area contributed by atoms with Crippen LogP contribution in [-0.4, -0.2) is 24.5 Å². The number of fused-ring (bicyclic) bond motifs is 6. The van der Waals surface area contributed by atoms with E-state index >= 15 is 0 Å². The average Bonchev–Trinajstić information content (AvgIpc) is 3.61. The molecule has 5 nitrogen and oxygen atoms in total. The number of benzene rings is 6. The quantitative estimate of drug-likeness (QED) is 0.160. The molecule has 0 spiro atoms. The van der Waals surface area contributed by atoms with Crippen LogP contribution < -0.4 is 0 Å². The number of nitrogens with zero attached hydrogens (tertiary/aromatic N) is 5. The van der Waals surface area contributed by atoms with Crippen molar-refractivity contribution >= 4 is 43.5 Å². The Morgan fingerprint density at radius 2 is 0.912 bits per heavy atom. The molecule has 0 N–H and O–H groups in total. The van der Waals surface area contributed by atoms with Crippen molar-refractivity contribution in [2.24, 2.45) is 0 Å². The predicted molar refractivity (Wildman–Crippen MR) is 234 cm³/mol. The maximum atomic E-state index is 5.24. The number of pyridine rings is 4. The third kappa shape index (κ3) is 5.72. The topological polar surface area (TPSA) is 56.5 Å². The Bertz CT molecular complexity index is 3190. The van der Waals surface area contributed by atoms with E-state index in [1.807, 2.05) is 36.4 Å². The molecule has 0 fully saturated rings. The van der Waals surface area contributed by atoms with Gasteiger partial charge in [0.1, 0.15) is 0 Å². The normalized spacial score (nSPS) is 11.5. The van der Waals surface area contributed by atoms with Crippen LogP contribution in [0.25, 0.3) is 105 Å². The Hall–Kier alpha value is -7.76. The van der Waals surface area contributed by atoms with Crippen LogP contribution in [0, 0.1) is 0 Å². The lowest BCUT2D eigenvalue weighted by Gasteiger charge is -2.12. The molecule has 266 valence electrons. The molecular formula is C52H33N5. The molecule has 0 radical (unpaired) electrons. The summed E-state index contributed by atoms with van der Waals surface area (Å²) in [7, 11) is 0. The van der Waals surface area contributed by atoms with Gasteiger partial charge in [0.05, 0.1) is 45.0 Å². The molecule has 0 aliphatic heterocycles. The van der Waals surface area contributed by atoms with Crippen molar-refractivity contribution in [3.63, 3.8) is 0 Å². The summed E-state index contributed by atoms with van der Waals surface area (Å²) in [5.41, 5.74) is 14.2. The van der Waals surface area contributed by atoms with Gasteiger partial charge in [-0.05, 0) is 100 Å². The minimum atomic E-state index is 0.810. The minimum Gasteiger partial charge on any atom is -0.309 e. The highest BCUT2D eigenvalue weighted by molar-refractivity contribution is 6.20. The highest BCUT2D eigenvalue weighted by atomic mass is 15.0. The maximum Gasteiger partial charge on any atom is 0.0900 e. The van der Waals surface area contributed by atoms with Crippen LogP contribution in [-0.2, 0) is 0 Å². The summed E-state index contributed by atoms with van der Waals surface area (Å²) in [6.07, 6.45) is 3.60. The van der Waals surface area contributed by atoms with Crippen LogP contribution in [0.3, 0.4) is 0 Å². The van der Waals surface area contributed by atoms with Gasteiger partial charge in [-0.3, -0.25) is 9.97 Å². The Morgan fingerprint density at radius 1 is 0.316 bits per heavy atom. The van der Waals surface area contributed by atoms with E-state index in [0.717, 1.165) is 89.3 Å². The zero-order valence-electron chi connectivity index (χ0n) is 30.8. The first-order valence-corrected chi connectivity index (χ1v) is 19.1. The van der Waals surface area contributed by atoms with Crippen LogP contribution in [0.1, 0.15) is 0 Å². The molecule has 0 aliphatic carbocycles. The van der Waals surface area contributed by atoms with Crippen molar-refractivity contribution < 1.29 is 0 Å². The second-order valence-corrected chi connectivity index (χ2v) is 14.3. The monoisotopic (exact) mass is 727 g/mol. The maximum absolute atomic E-state index is 5.24. The van der Waals surface area contributed by atoms with E-state index in [2.05, 4.69) is 166 Å². The number of hydrogen-bond acceptors (Lipinski definition) is 4. The fraction of sp³-hybridized carbons (Fsp3) is 0. The summed E-state index contributed by atoms with van der Waals surface area (Å²) >= 11 is 0. The van der Waals surface area contributed by atoms with E-state index in [4.69, 9.17) is 9.97 Å². The summed E-state index contributed by atoms with van der Waals surface area (Å²) < 4.78 is 2.40. The highest BCUT2D eigenvalue weighted by Crippen LogP contribution is 2.41. The number of hydrogen-bond donors (Lipinski definition) is 0. The van der Waals surface area contributed by atoms with E-state index in [9.17, 15) is 0 Å². The van der Waals surface area contributed by atoms with E-state index < -0.39 is 0 Å². The summed E-state index contributed by atoms with van der Waals surface area (Å²) in [4.78, 5) is 19.4. The molecule has 5 heteroatoms. The second kappa shape index (κ2) is 13.5. The molecule has 5 aromatic heterocycles. The number of aromatic nitrogens is 5. The van der Waals surface area contributed by atoms with Gasteiger partial charge in [-0.25, -0.2) is 9.97 Å². The first-order valence-electron chi connectivity index (χ1n) is 19.1. The third-order valence-electron chi connectivity index (χ3n) is 10.9. The SMILES string of the molecule is c1ccc(-c2nc3ccccc3c3cc4c5ccc(-c6ccc(-c7cc(-c8ccccn8)nc(-c8ccccn8)c7)cc6)cc5n(-c5ccccc5)c4cc23)cc1. The molecule has 6 aromatic carbocycles. The van der Waals surface area contributed by atoms with Crippen molar-refractivity contribution in [1.29, 1.82) is 0 Å². The van der Waals surface area contributed by atoms with Crippen molar-refractivity contribution in [2.45, 2.75) is 0 Å². The zero-order chi connectivity index (χ0) is 37.7. The lowest BCUT2D eigenvalue weighted by molar-refractivity contribution is 1.18. The van der Waals surface area contributed by atoms with Crippen molar-refractivity contribution in [3.8, 4) is 62.0 Å². The van der Waals surface area contributed by atoms with E-state index in [1.165, 1.54) is 16.2 Å². The fourth-order valence-corrected chi connectivity index (χ4v) is 8.16. The van der Waals surface area contributed by atoms with Gasteiger partial charge in [-0.1, -0.05) is 115 Å². The van der Waals surface area contributed by atoms with Gasteiger partial charge in [-0.2, -0.15) is 0 Å². The first kappa shape index (κ1) is 32.7. The van der Waals surface area contributed by atoms with Crippen LogP contribution >= 0.6 is 0 Å². The Kier molecular flexibility index (Phi) is 7.74. The van der Waals surface area contributed by atoms with Crippen molar-refractivity contribution in [1.82, 2.24) is 24.5 Å². The van der Waals surface area contributed by atoms with E-state index in [1.54, 1.807) is 12.4 Å². The molecule has 57 heavy (non-hydrogen) atoms. The Labute approximate surface area is 329 Å². The van der Waals surface area contributed by atoms with Crippen LogP contribution in [0.4, 0.5) is 0 Å². The molecule has 0 aliphatic rings. The van der Waals surface area contributed by atoms with Gasteiger partial charge < -0.3 is 4.57 Å². The fourth-order valence-electron chi connectivity index (χ4n) is 8.16. The molecule has 5 heterocycles. The third-order valence-corrected chi connectivity index (χ3v) is 10.9. The van der Waals surface area contributed by atoms with Gasteiger partial charge in [0, 0.05) is 45.2 Å². The predicted octanol–water partition coefficient (Wildman–Crippen LogP) is 13.0. The van der Waals surface area contributed by atoms with Gasteiger partial charge in [0.2, 0.25) is 0 Å². The molecule has 0 bridgehead atoms. The van der Waals surface area contributed by atoms with Crippen molar-refractivity contribution in [3.05, 3.63) is 200 Å². The lowest BCUT2D eigenvalue weighted by atomic mass is 9.97. The Morgan fingerprint density at radius 3 is 1.60 bits per heavy atom. The van der Waals surface area contributed by atoms with Crippen molar-refractivity contribution in [2.75, 3.05) is 0 Å². The molecular weight excluding hydrogens is 695 g/mol. The number of rotatable bonds is 6. The molecule has 0 amide bonds. The van der Waals surface area contributed by atoms with Crippen LogP contribution in [0.2, 0.25) is 0 Å². The van der Waals surface area contributed by atoms with Gasteiger partial charge >= 0.3 is 0 Å². The number of para-hydroxylation sites is 2. The second-order valence-electron chi connectivity index (χ2n) is 14.3. The molecule has 0 atom stereocenters. The largest absolute Gasteiger partial charge is 0.309 e. The zero-order valence-corrected chi connectivity index (χ0v) is 30.8. The summed E-state index contributed by atoms with van der Waals surface area (Å²) in [6.45, 7) is 0. The van der Waals surface area contributed by atoms with Gasteiger partial charge in [-0.15, -0.1) is 0 Å². The first-order chi connectivity index (χ1) is 28.2. The van der Waals surface area contributed by atoms with E-state index in [0.29, 0.717) is 0 Å². The van der Waals surface area contributed by atoms with Crippen LogP contribution in [0.15, 0.2) is 200 Å². The van der Waals surface area contributed by atoms with E-state index in [-0.39, 0.29) is 0 Å². The van der Waals surface area contributed by atoms with Gasteiger partial charge in [0.25, 0.3) is 0 Å². The highest BCUT2D eigenvalue weighted by Gasteiger charge is 2.18. The molecule has 11 rings (SSSR count). The summed E-state index contributed by atoms with van der Waals surface area (Å²) in [5, 5.41) is 5.91. The Balaban J connectivity index is 1.08. The smallest absolute Gasteiger partial charge is 0.0900 e. The molecule has 0 saturated carbocycles. The van der Waals surface area contributed by atoms with Crippen LogP contribution in [0.5, 0.6) is 0 Å².